The Hall–Kier alpha value is -1.03. The summed E-state index contributed by atoms with van der Waals surface area (Å²) in [6.07, 6.45) is 0. The lowest BCUT2D eigenvalue weighted by molar-refractivity contribution is 1.01. The van der Waals surface area contributed by atoms with E-state index in [1.54, 1.807) is 0 Å². The Balaban J connectivity index is 2.64. The van der Waals surface area contributed by atoms with E-state index < -0.39 is 0 Å². The van der Waals surface area contributed by atoms with E-state index >= 15 is 0 Å². The van der Waals surface area contributed by atoms with Gasteiger partial charge in [-0.25, -0.2) is 0 Å². The van der Waals surface area contributed by atoms with Crippen molar-refractivity contribution in [1.82, 2.24) is 4.57 Å². The maximum absolute atomic E-state index is 2.36. The van der Waals surface area contributed by atoms with Crippen molar-refractivity contribution in [3.63, 3.8) is 0 Å². The van der Waals surface area contributed by atoms with E-state index in [9.17, 15) is 0 Å². The van der Waals surface area contributed by atoms with Crippen LogP contribution in [0.5, 0.6) is 0 Å². The zero-order valence-corrected chi connectivity index (χ0v) is 10.5. The molecule has 0 unspecified atom stereocenters. The second-order valence-corrected chi connectivity index (χ2v) is 4.98. The van der Waals surface area contributed by atoms with Gasteiger partial charge in [-0.05, 0) is 46.9 Å². The molecule has 0 saturated carbocycles. The summed E-state index contributed by atoms with van der Waals surface area (Å²) in [5.41, 5.74) is 2.60. The van der Waals surface area contributed by atoms with E-state index in [1.165, 1.54) is 25.4 Å². The Labute approximate surface area is 102 Å². The molecule has 74 valence electrons. The number of nitrogens with zero attached hydrogens (tertiary/aromatic N) is 1. The van der Waals surface area contributed by atoms with Crippen molar-refractivity contribution in [3.8, 4) is 0 Å². The zero-order valence-electron chi connectivity index (χ0n) is 8.37. The van der Waals surface area contributed by atoms with Gasteiger partial charge in [-0.15, -0.1) is 0 Å². The smallest absolute Gasteiger partial charge is 0.0489 e. The summed E-state index contributed by atoms with van der Waals surface area (Å²) in [5, 5.41) is 2.69. The molecule has 0 fully saturated rings. The molecule has 1 nitrogen and oxygen atoms in total. The summed E-state index contributed by atoms with van der Waals surface area (Å²) in [6.45, 7) is 0. The Morgan fingerprint density at radius 1 is 0.933 bits per heavy atom. The highest BCUT2D eigenvalue weighted by molar-refractivity contribution is 14.1. The van der Waals surface area contributed by atoms with E-state index in [-0.39, 0.29) is 0 Å². The molecule has 2 heteroatoms. The van der Waals surface area contributed by atoms with Crippen molar-refractivity contribution in [2.45, 2.75) is 0 Å². The van der Waals surface area contributed by atoms with Gasteiger partial charge in [-0.3, -0.25) is 0 Å². The summed E-state index contributed by atoms with van der Waals surface area (Å²) in [5.74, 6) is 0. The number of aryl methyl sites for hydroxylation is 1. The fourth-order valence-corrected chi connectivity index (χ4v) is 2.63. The molecule has 0 amide bonds. The van der Waals surface area contributed by atoms with Gasteiger partial charge < -0.3 is 4.57 Å². The lowest BCUT2D eigenvalue weighted by atomic mass is 10.2. The first-order valence-electron chi connectivity index (χ1n) is 4.90. The zero-order chi connectivity index (χ0) is 10.4. The number of fused-ring (bicyclic) bond motifs is 3. The molecule has 2 aromatic carbocycles. The highest BCUT2D eigenvalue weighted by Crippen LogP contribution is 2.28. The van der Waals surface area contributed by atoms with Gasteiger partial charge in [0.2, 0.25) is 0 Å². The molecule has 0 N–H and O–H groups in total. The largest absolute Gasteiger partial charge is 0.344 e. The molecule has 1 aromatic heterocycles. The summed E-state index contributed by atoms with van der Waals surface area (Å²) < 4.78 is 3.54. The number of hydrogen-bond acceptors (Lipinski definition) is 0. The van der Waals surface area contributed by atoms with Crippen LogP contribution in [0.15, 0.2) is 42.5 Å². The number of hydrogen-bond donors (Lipinski definition) is 0. The third kappa shape index (κ3) is 1.28. The summed E-state index contributed by atoms with van der Waals surface area (Å²) in [4.78, 5) is 0. The minimum atomic E-state index is 1.29. The van der Waals surface area contributed by atoms with Crippen molar-refractivity contribution in [1.29, 1.82) is 0 Å². The van der Waals surface area contributed by atoms with Crippen LogP contribution < -0.4 is 0 Å². The Kier molecular flexibility index (Phi) is 1.99. The van der Waals surface area contributed by atoms with Crippen molar-refractivity contribution >= 4 is 44.4 Å². The Morgan fingerprint density at radius 3 is 2.53 bits per heavy atom. The lowest BCUT2D eigenvalue weighted by Crippen LogP contribution is -1.85. The number of rotatable bonds is 0. The highest BCUT2D eigenvalue weighted by atomic mass is 127. The first-order valence-corrected chi connectivity index (χ1v) is 5.98. The molecule has 0 radical (unpaired) electrons. The molecule has 0 bridgehead atoms. The Bertz CT molecular complexity index is 652. The van der Waals surface area contributed by atoms with Crippen LogP contribution in [0.2, 0.25) is 0 Å². The minimum absolute atomic E-state index is 1.29. The molecule has 0 aliphatic carbocycles. The van der Waals surface area contributed by atoms with Crippen molar-refractivity contribution in [3.05, 3.63) is 46.0 Å². The van der Waals surface area contributed by atoms with Crippen LogP contribution in [0.1, 0.15) is 0 Å². The first-order chi connectivity index (χ1) is 7.27. The number of benzene rings is 2. The number of aromatic nitrogens is 1. The molecule has 0 aliphatic rings. The van der Waals surface area contributed by atoms with Gasteiger partial charge in [0.1, 0.15) is 0 Å². The van der Waals surface area contributed by atoms with Gasteiger partial charge in [-0.1, -0.05) is 18.2 Å². The monoisotopic (exact) mass is 307 g/mol. The summed E-state index contributed by atoms with van der Waals surface area (Å²) in [7, 11) is 2.12. The van der Waals surface area contributed by atoms with Crippen LogP contribution in [-0.2, 0) is 7.05 Å². The predicted molar refractivity (Wildman–Crippen MR) is 73.1 cm³/mol. The molecule has 3 rings (SSSR count). The van der Waals surface area contributed by atoms with E-state index in [4.69, 9.17) is 0 Å². The molecule has 0 atom stereocenters. The predicted octanol–water partition coefficient (Wildman–Crippen LogP) is 3.94. The van der Waals surface area contributed by atoms with Crippen molar-refractivity contribution in [2.24, 2.45) is 7.05 Å². The third-order valence-corrected chi connectivity index (χ3v) is 3.55. The van der Waals surface area contributed by atoms with Gasteiger partial charge in [0, 0.05) is 32.4 Å². The first kappa shape index (κ1) is 9.21. The van der Waals surface area contributed by atoms with Crippen LogP contribution >= 0.6 is 22.6 Å². The van der Waals surface area contributed by atoms with Crippen LogP contribution in [0.3, 0.4) is 0 Å². The van der Waals surface area contributed by atoms with Crippen molar-refractivity contribution in [2.75, 3.05) is 0 Å². The maximum atomic E-state index is 2.36. The van der Waals surface area contributed by atoms with Gasteiger partial charge >= 0.3 is 0 Å². The van der Waals surface area contributed by atoms with E-state index in [2.05, 4.69) is 76.7 Å². The molecule has 0 aliphatic heterocycles. The Morgan fingerprint density at radius 2 is 1.67 bits per heavy atom. The molecule has 15 heavy (non-hydrogen) atoms. The number of halogens is 1. The maximum Gasteiger partial charge on any atom is 0.0489 e. The molecule has 0 saturated heterocycles. The highest BCUT2D eigenvalue weighted by Gasteiger charge is 2.06. The standard InChI is InChI=1S/C13H10IN/c1-15-12-5-3-2-4-10(12)11-8-9(14)6-7-13(11)15/h2-8H,1H3. The van der Waals surface area contributed by atoms with E-state index in [0.29, 0.717) is 0 Å². The average molecular weight is 307 g/mol. The fraction of sp³-hybridized carbons (Fsp3) is 0.0769. The molecule has 1 heterocycles. The molecule has 3 aromatic rings. The second kappa shape index (κ2) is 3.23. The lowest BCUT2D eigenvalue weighted by Gasteiger charge is -1.96. The molecule has 0 spiro atoms. The summed E-state index contributed by atoms with van der Waals surface area (Å²) >= 11 is 2.36. The molecular weight excluding hydrogens is 297 g/mol. The van der Waals surface area contributed by atoms with E-state index in [1.807, 2.05) is 0 Å². The third-order valence-electron chi connectivity index (χ3n) is 2.88. The van der Waals surface area contributed by atoms with Gasteiger partial charge in [0.25, 0.3) is 0 Å². The normalized spacial score (nSPS) is 11.3. The topological polar surface area (TPSA) is 4.93 Å². The fourth-order valence-electron chi connectivity index (χ4n) is 2.14. The average Bonchev–Trinajstić information content (AvgIpc) is 2.54. The minimum Gasteiger partial charge on any atom is -0.344 e. The van der Waals surface area contributed by atoms with Crippen LogP contribution in [-0.4, -0.2) is 4.57 Å². The van der Waals surface area contributed by atoms with Crippen LogP contribution in [0.4, 0.5) is 0 Å². The van der Waals surface area contributed by atoms with Crippen LogP contribution in [0.25, 0.3) is 21.8 Å². The van der Waals surface area contributed by atoms with Gasteiger partial charge in [0.15, 0.2) is 0 Å². The number of para-hydroxylation sites is 1. The molecular formula is C13H10IN. The van der Waals surface area contributed by atoms with Gasteiger partial charge in [-0.2, -0.15) is 0 Å². The van der Waals surface area contributed by atoms with E-state index in [0.717, 1.165) is 0 Å². The second-order valence-electron chi connectivity index (χ2n) is 3.74. The van der Waals surface area contributed by atoms with Crippen molar-refractivity contribution < 1.29 is 0 Å². The van der Waals surface area contributed by atoms with Gasteiger partial charge in [0.05, 0.1) is 0 Å². The SMILES string of the molecule is Cn1c2ccccc2c2cc(I)ccc21. The summed E-state index contributed by atoms with van der Waals surface area (Å²) in [6, 6.07) is 15.1. The quantitative estimate of drug-likeness (QED) is 0.555. The van der Waals surface area contributed by atoms with Crippen LogP contribution in [0, 0.1) is 3.57 Å².